The van der Waals surface area contributed by atoms with Gasteiger partial charge in [-0.25, -0.2) is 0 Å². The van der Waals surface area contributed by atoms with Gasteiger partial charge in [0.2, 0.25) is 0 Å². The Morgan fingerprint density at radius 3 is 2.62 bits per heavy atom. The van der Waals surface area contributed by atoms with Crippen LogP contribution in [0.3, 0.4) is 0 Å². The molecule has 0 aromatic rings. The van der Waals surface area contributed by atoms with Crippen molar-refractivity contribution < 1.29 is 4.74 Å². The number of hydrogen-bond donors (Lipinski definition) is 1. The summed E-state index contributed by atoms with van der Waals surface area (Å²) in [5.41, 5.74) is 0. The van der Waals surface area contributed by atoms with E-state index in [1.165, 1.54) is 76.6 Å². The molecule has 0 spiro atoms. The van der Waals surface area contributed by atoms with Gasteiger partial charge < -0.3 is 10.1 Å². The Morgan fingerprint density at radius 1 is 0.762 bits per heavy atom. The van der Waals surface area contributed by atoms with Crippen molar-refractivity contribution in [1.29, 1.82) is 0 Å². The summed E-state index contributed by atoms with van der Waals surface area (Å²) in [5.74, 6) is 3.90. The maximum absolute atomic E-state index is 6.17. The van der Waals surface area contributed by atoms with Crippen LogP contribution in [-0.2, 0) is 4.74 Å². The Labute approximate surface area is 135 Å². The Hall–Kier alpha value is 0.270. The van der Waals surface area contributed by atoms with E-state index in [4.69, 9.17) is 4.74 Å². The van der Waals surface area contributed by atoms with Gasteiger partial charge in [0.25, 0.3) is 0 Å². The summed E-state index contributed by atoms with van der Waals surface area (Å²) in [4.78, 5) is 0. The highest BCUT2D eigenvalue weighted by Crippen LogP contribution is 2.36. The van der Waals surface area contributed by atoms with E-state index >= 15 is 0 Å². The Bertz CT molecular complexity index is 255. The van der Waals surface area contributed by atoms with E-state index < -0.39 is 0 Å². The average molecular weight is 312 g/mol. The summed E-state index contributed by atoms with van der Waals surface area (Å²) in [5, 5.41) is 4.53. The molecule has 3 rings (SSSR count). The average Bonchev–Trinajstić information content (AvgIpc) is 3.01. The van der Waals surface area contributed by atoms with Crippen molar-refractivity contribution in [1.82, 2.24) is 5.32 Å². The van der Waals surface area contributed by atoms with Crippen LogP contribution in [-0.4, -0.2) is 37.3 Å². The number of rotatable bonds is 2. The summed E-state index contributed by atoms with van der Waals surface area (Å²) in [6, 6.07) is 0. The second-order valence-corrected chi connectivity index (χ2v) is 8.70. The van der Waals surface area contributed by atoms with Gasteiger partial charge in [-0.05, 0) is 75.1 Å². The minimum absolute atomic E-state index is 0.816. The zero-order valence-electron chi connectivity index (χ0n) is 13.5. The third kappa shape index (κ3) is 4.87. The third-order valence-electron chi connectivity index (χ3n) is 5.81. The van der Waals surface area contributed by atoms with Gasteiger partial charge in [-0.3, -0.25) is 0 Å². The molecule has 3 aliphatic heterocycles. The van der Waals surface area contributed by atoms with Crippen LogP contribution in [0.1, 0.15) is 57.8 Å². The number of ether oxygens (including phenoxy) is 1. The molecule has 0 aromatic carbocycles. The lowest BCUT2D eigenvalue weighted by Crippen LogP contribution is -2.28. The first-order valence-electron chi connectivity index (χ1n) is 9.33. The lowest BCUT2D eigenvalue weighted by molar-refractivity contribution is 0.0760. The van der Waals surface area contributed by atoms with Crippen LogP contribution < -0.4 is 5.32 Å². The van der Waals surface area contributed by atoms with E-state index in [1.54, 1.807) is 0 Å². The van der Waals surface area contributed by atoms with Gasteiger partial charge in [-0.2, -0.15) is 11.8 Å². The molecule has 3 fully saturated rings. The monoisotopic (exact) mass is 311 g/mol. The van der Waals surface area contributed by atoms with Gasteiger partial charge in [0.1, 0.15) is 0 Å². The molecule has 0 radical (unpaired) electrons. The summed E-state index contributed by atoms with van der Waals surface area (Å²) in [6.45, 7) is 4.52. The first-order valence-corrected chi connectivity index (χ1v) is 10.4. The van der Waals surface area contributed by atoms with Crippen molar-refractivity contribution in [3.05, 3.63) is 0 Å². The predicted molar refractivity (Wildman–Crippen MR) is 92.0 cm³/mol. The summed E-state index contributed by atoms with van der Waals surface area (Å²) < 4.78 is 6.17. The summed E-state index contributed by atoms with van der Waals surface area (Å²) >= 11 is 2.25. The lowest BCUT2D eigenvalue weighted by atomic mass is 9.84. The first kappa shape index (κ1) is 16.1. The van der Waals surface area contributed by atoms with Crippen molar-refractivity contribution >= 4 is 11.8 Å². The SMILES string of the molecule is C1CCSC(C2CCC(C3CCCCNC3)COC2)CC1. The fourth-order valence-corrected chi connectivity index (χ4v) is 5.89. The molecule has 1 N–H and O–H groups in total. The minimum atomic E-state index is 0.816. The van der Waals surface area contributed by atoms with Crippen LogP contribution in [0.5, 0.6) is 0 Å². The molecule has 4 atom stereocenters. The van der Waals surface area contributed by atoms with E-state index in [2.05, 4.69) is 17.1 Å². The maximum atomic E-state index is 6.17. The molecule has 0 aromatic heterocycles. The van der Waals surface area contributed by atoms with Crippen LogP contribution in [0.4, 0.5) is 0 Å². The molecule has 0 amide bonds. The predicted octanol–water partition coefficient (Wildman–Crippen LogP) is 4.09. The maximum Gasteiger partial charge on any atom is 0.0505 e. The second kappa shape index (κ2) is 8.79. The molecular weight excluding hydrogens is 278 g/mol. The quantitative estimate of drug-likeness (QED) is 0.830. The van der Waals surface area contributed by atoms with Crippen molar-refractivity contribution in [2.24, 2.45) is 17.8 Å². The van der Waals surface area contributed by atoms with Crippen molar-refractivity contribution in [2.45, 2.75) is 63.0 Å². The fraction of sp³-hybridized carbons (Fsp3) is 1.00. The van der Waals surface area contributed by atoms with E-state index in [9.17, 15) is 0 Å². The standard InChI is InChI=1S/C18H33NOS/c1-2-7-18(21-11-5-1)17-9-8-16(13-20-14-17)15-6-3-4-10-19-12-15/h15-19H,1-14H2. The van der Waals surface area contributed by atoms with Crippen molar-refractivity contribution in [2.75, 3.05) is 32.1 Å². The van der Waals surface area contributed by atoms with Crippen molar-refractivity contribution in [3.8, 4) is 0 Å². The number of hydrogen-bond acceptors (Lipinski definition) is 3. The van der Waals surface area contributed by atoms with Gasteiger partial charge >= 0.3 is 0 Å². The van der Waals surface area contributed by atoms with E-state index in [-0.39, 0.29) is 0 Å². The molecule has 3 heteroatoms. The van der Waals surface area contributed by atoms with Crippen LogP contribution in [0.2, 0.25) is 0 Å². The molecule has 0 aliphatic carbocycles. The molecule has 2 nitrogen and oxygen atoms in total. The summed E-state index contributed by atoms with van der Waals surface area (Å²) in [6.07, 6.45) is 12.8. The van der Waals surface area contributed by atoms with Crippen LogP contribution in [0, 0.1) is 17.8 Å². The zero-order valence-corrected chi connectivity index (χ0v) is 14.3. The summed E-state index contributed by atoms with van der Waals surface area (Å²) in [7, 11) is 0. The molecule has 0 saturated carbocycles. The van der Waals surface area contributed by atoms with Crippen LogP contribution in [0.25, 0.3) is 0 Å². The van der Waals surface area contributed by atoms with Gasteiger partial charge in [0, 0.05) is 11.9 Å². The highest BCUT2D eigenvalue weighted by atomic mass is 32.2. The van der Waals surface area contributed by atoms with Crippen LogP contribution in [0.15, 0.2) is 0 Å². The highest BCUT2D eigenvalue weighted by molar-refractivity contribution is 7.99. The lowest BCUT2D eigenvalue weighted by Gasteiger charge is -2.25. The molecule has 122 valence electrons. The highest BCUT2D eigenvalue weighted by Gasteiger charge is 2.30. The fourth-order valence-electron chi connectivity index (χ4n) is 4.39. The van der Waals surface area contributed by atoms with E-state index in [0.717, 1.165) is 36.2 Å². The molecule has 3 aliphatic rings. The van der Waals surface area contributed by atoms with Crippen LogP contribution >= 0.6 is 11.8 Å². The first-order chi connectivity index (χ1) is 10.4. The largest absolute Gasteiger partial charge is 0.381 e. The molecule has 0 bridgehead atoms. The van der Waals surface area contributed by atoms with E-state index in [0.29, 0.717) is 0 Å². The number of nitrogens with one attached hydrogen (secondary N) is 1. The second-order valence-electron chi connectivity index (χ2n) is 7.35. The Kier molecular flexibility index (Phi) is 6.75. The molecule has 3 heterocycles. The van der Waals surface area contributed by atoms with E-state index in [1.807, 2.05) is 0 Å². The molecule has 21 heavy (non-hydrogen) atoms. The van der Waals surface area contributed by atoms with Gasteiger partial charge in [0.05, 0.1) is 6.61 Å². The molecule has 4 unspecified atom stereocenters. The smallest absolute Gasteiger partial charge is 0.0505 e. The normalized spacial score (nSPS) is 40.0. The third-order valence-corrected chi connectivity index (χ3v) is 7.39. The Morgan fingerprint density at radius 2 is 1.62 bits per heavy atom. The molecule has 3 saturated heterocycles. The minimum Gasteiger partial charge on any atom is -0.381 e. The van der Waals surface area contributed by atoms with Crippen molar-refractivity contribution in [3.63, 3.8) is 0 Å². The number of thioether (sulfide) groups is 1. The Balaban J connectivity index is 1.50. The van der Waals surface area contributed by atoms with Gasteiger partial charge in [-0.15, -0.1) is 0 Å². The molecular formula is C18H33NOS. The van der Waals surface area contributed by atoms with Gasteiger partial charge in [0.15, 0.2) is 0 Å². The zero-order chi connectivity index (χ0) is 14.3. The topological polar surface area (TPSA) is 21.3 Å². The van der Waals surface area contributed by atoms with Gasteiger partial charge in [-0.1, -0.05) is 19.3 Å².